The Morgan fingerprint density at radius 3 is 3.21 bits per heavy atom. The van der Waals surface area contributed by atoms with Gasteiger partial charge in [-0.2, -0.15) is 4.98 Å². The standard InChI is InChI=1S/C9H12N4O/c1-3-10-5-8(1)6-11-4-2-9-12-7-13-14-9/h1,3,5,7,10-11H,2,4,6H2. The molecule has 2 rings (SSSR count). The van der Waals surface area contributed by atoms with E-state index in [1.807, 2.05) is 18.5 Å². The molecule has 2 N–H and O–H groups in total. The van der Waals surface area contributed by atoms with Gasteiger partial charge in [0.2, 0.25) is 5.89 Å². The van der Waals surface area contributed by atoms with Gasteiger partial charge in [0.25, 0.3) is 0 Å². The van der Waals surface area contributed by atoms with Crippen LogP contribution in [0.5, 0.6) is 0 Å². The maximum atomic E-state index is 4.86. The van der Waals surface area contributed by atoms with E-state index in [1.165, 1.54) is 11.9 Å². The Kier molecular flexibility index (Phi) is 2.92. The van der Waals surface area contributed by atoms with E-state index in [1.54, 1.807) is 0 Å². The Morgan fingerprint density at radius 2 is 2.50 bits per heavy atom. The van der Waals surface area contributed by atoms with Gasteiger partial charge in [-0.15, -0.1) is 0 Å². The lowest BCUT2D eigenvalue weighted by molar-refractivity contribution is 0.375. The third-order valence-corrected chi connectivity index (χ3v) is 1.91. The van der Waals surface area contributed by atoms with Gasteiger partial charge in [0.1, 0.15) is 0 Å². The zero-order valence-corrected chi connectivity index (χ0v) is 7.73. The molecule has 2 aromatic heterocycles. The lowest BCUT2D eigenvalue weighted by atomic mass is 10.3. The number of aromatic amines is 1. The van der Waals surface area contributed by atoms with Crippen molar-refractivity contribution in [1.29, 1.82) is 0 Å². The minimum absolute atomic E-state index is 0.673. The highest BCUT2D eigenvalue weighted by Gasteiger charge is 1.97. The molecule has 0 aliphatic rings. The normalized spacial score (nSPS) is 10.6. The molecule has 0 atom stereocenters. The molecule has 0 aromatic carbocycles. The van der Waals surface area contributed by atoms with E-state index in [0.29, 0.717) is 5.89 Å². The fourth-order valence-electron chi connectivity index (χ4n) is 1.20. The summed E-state index contributed by atoms with van der Waals surface area (Å²) in [5.41, 5.74) is 1.25. The van der Waals surface area contributed by atoms with Gasteiger partial charge in [0.15, 0.2) is 6.33 Å². The molecule has 74 valence electrons. The van der Waals surface area contributed by atoms with Crippen molar-refractivity contribution in [2.75, 3.05) is 6.54 Å². The Labute approximate surface area is 81.5 Å². The third-order valence-electron chi connectivity index (χ3n) is 1.91. The van der Waals surface area contributed by atoms with E-state index < -0.39 is 0 Å². The summed E-state index contributed by atoms with van der Waals surface area (Å²) in [6.07, 6.45) is 6.07. The second-order valence-corrected chi connectivity index (χ2v) is 2.98. The molecule has 5 heteroatoms. The predicted octanol–water partition coefficient (Wildman–Crippen LogP) is 0.730. The Morgan fingerprint density at radius 1 is 1.50 bits per heavy atom. The van der Waals surface area contributed by atoms with Crippen molar-refractivity contribution < 1.29 is 4.52 Å². The smallest absolute Gasteiger partial charge is 0.227 e. The summed E-state index contributed by atoms with van der Waals surface area (Å²) in [5, 5.41) is 6.81. The fraction of sp³-hybridized carbons (Fsp3) is 0.333. The lowest BCUT2D eigenvalue weighted by Gasteiger charge is -1.99. The molecule has 5 nitrogen and oxygen atoms in total. The summed E-state index contributed by atoms with van der Waals surface area (Å²) in [5.74, 6) is 0.673. The van der Waals surface area contributed by atoms with Gasteiger partial charge in [-0.1, -0.05) is 5.16 Å². The van der Waals surface area contributed by atoms with Crippen LogP contribution >= 0.6 is 0 Å². The molecule has 0 saturated heterocycles. The molecule has 0 spiro atoms. The van der Waals surface area contributed by atoms with Crippen LogP contribution in [-0.4, -0.2) is 21.7 Å². The average Bonchev–Trinajstić information content (AvgIpc) is 2.86. The molecule has 0 aliphatic heterocycles. The first kappa shape index (κ1) is 8.96. The highest BCUT2D eigenvalue weighted by Crippen LogP contribution is 1.95. The second-order valence-electron chi connectivity index (χ2n) is 2.98. The van der Waals surface area contributed by atoms with Crippen molar-refractivity contribution in [3.63, 3.8) is 0 Å². The number of aromatic nitrogens is 3. The summed E-state index contributed by atoms with van der Waals surface area (Å²) in [6, 6.07) is 2.04. The van der Waals surface area contributed by atoms with Gasteiger partial charge in [0, 0.05) is 31.9 Å². The number of nitrogens with zero attached hydrogens (tertiary/aromatic N) is 2. The monoisotopic (exact) mass is 192 g/mol. The van der Waals surface area contributed by atoms with Crippen molar-refractivity contribution in [3.8, 4) is 0 Å². The zero-order valence-electron chi connectivity index (χ0n) is 7.73. The van der Waals surface area contributed by atoms with Crippen LogP contribution in [0.15, 0.2) is 29.3 Å². The van der Waals surface area contributed by atoms with Crippen LogP contribution in [0, 0.1) is 0 Å². The van der Waals surface area contributed by atoms with Crippen molar-refractivity contribution in [3.05, 3.63) is 36.2 Å². The second kappa shape index (κ2) is 4.57. The maximum absolute atomic E-state index is 4.86. The van der Waals surface area contributed by atoms with Crippen LogP contribution in [-0.2, 0) is 13.0 Å². The summed E-state index contributed by atoms with van der Waals surface area (Å²) in [6.45, 7) is 1.70. The van der Waals surface area contributed by atoms with E-state index >= 15 is 0 Å². The molecule has 2 heterocycles. The number of H-pyrrole nitrogens is 1. The maximum Gasteiger partial charge on any atom is 0.227 e. The van der Waals surface area contributed by atoms with Crippen molar-refractivity contribution in [2.24, 2.45) is 0 Å². The Bertz CT molecular complexity index is 305. The number of nitrogens with one attached hydrogen (secondary N) is 2. The fourth-order valence-corrected chi connectivity index (χ4v) is 1.20. The Hall–Kier alpha value is -1.62. The van der Waals surface area contributed by atoms with E-state index in [-0.39, 0.29) is 0 Å². The van der Waals surface area contributed by atoms with Crippen LogP contribution in [0.25, 0.3) is 0 Å². The molecule has 0 aliphatic carbocycles. The molecule has 0 bridgehead atoms. The minimum atomic E-state index is 0.673. The van der Waals surface area contributed by atoms with Crippen molar-refractivity contribution >= 4 is 0 Å². The van der Waals surface area contributed by atoms with Crippen LogP contribution < -0.4 is 5.32 Å². The molecule has 2 aromatic rings. The van der Waals surface area contributed by atoms with Crippen molar-refractivity contribution in [1.82, 2.24) is 20.4 Å². The highest BCUT2D eigenvalue weighted by molar-refractivity contribution is 5.07. The van der Waals surface area contributed by atoms with Crippen LogP contribution in [0.1, 0.15) is 11.5 Å². The summed E-state index contributed by atoms with van der Waals surface area (Å²) < 4.78 is 4.86. The largest absolute Gasteiger partial charge is 0.367 e. The first-order chi connectivity index (χ1) is 6.95. The molecule has 0 radical (unpaired) electrons. The molecule has 0 saturated carbocycles. The van der Waals surface area contributed by atoms with Gasteiger partial charge in [-0.25, -0.2) is 0 Å². The quantitative estimate of drug-likeness (QED) is 0.685. The first-order valence-corrected chi connectivity index (χ1v) is 4.53. The van der Waals surface area contributed by atoms with Crippen LogP contribution in [0.3, 0.4) is 0 Å². The molecular weight excluding hydrogens is 180 g/mol. The first-order valence-electron chi connectivity index (χ1n) is 4.53. The number of rotatable bonds is 5. The molecular formula is C9H12N4O. The van der Waals surface area contributed by atoms with Gasteiger partial charge in [0.05, 0.1) is 0 Å². The van der Waals surface area contributed by atoms with Crippen molar-refractivity contribution in [2.45, 2.75) is 13.0 Å². The minimum Gasteiger partial charge on any atom is -0.367 e. The van der Waals surface area contributed by atoms with Gasteiger partial charge in [-0.3, -0.25) is 0 Å². The molecule has 14 heavy (non-hydrogen) atoms. The molecule has 0 unspecified atom stereocenters. The highest BCUT2D eigenvalue weighted by atomic mass is 16.5. The number of hydrogen-bond donors (Lipinski definition) is 2. The van der Waals surface area contributed by atoms with E-state index in [2.05, 4.69) is 20.4 Å². The van der Waals surface area contributed by atoms with E-state index in [4.69, 9.17) is 4.52 Å². The Balaban J connectivity index is 1.65. The lowest BCUT2D eigenvalue weighted by Crippen LogP contribution is -2.16. The van der Waals surface area contributed by atoms with Crippen LogP contribution in [0.2, 0.25) is 0 Å². The zero-order chi connectivity index (χ0) is 9.64. The topological polar surface area (TPSA) is 66.7 Å². The summed E-state index contributed by atoms with van der Waals surface area (Å²) in [7, 11) is 0. The predicted molar refractivity (Wildman–Crippen MR) is 50.5 cm³/mol. The third kappa shape index (κ3) is 2.43. The summed E-state index contributed by atoms with van der Waals surface area (Å²) >= 11 is 0. The van der Waals surface area contributed by atoms with Gasteiger partial charge in [-0.05, 0) is 11.6 Å². The van der Waals surface area contributed by atoms with Crippen LogP contribution in [0.4, 0.5) is 0 Å². The van der Waals surface area contributed by atoms with E-state index in [0.717, 1.165) is 19.5 Å². The SMILES string of the molecule is c1noc(CCNCc2cc[nH]c2)n1. The van der Waals surface area contributed by atoms with Gasteiger partial charge >= 0.3 is 0 Å². The molecule has 0 amide bonds. The van der Waals surface area contributed by atoms with Gasteiger partial charge < -0.3 is 14.8 Å². The average molecular weight is 192 g/mol. The molecule has 0 fully saturated rings. The summed E-state index contributed by atoms with van der Waals surface area (Å²) in [4.78, 5) is 6.93. The number of hydrogen-bond acceptors (Lipinski definition) is 4. The van der Waals surface area contributed by atoms with E-state index in [9.17, 15) is 0 Å².